The van der Waals surface area contributed by atoms with Gasteiger partial charge in [0.25, 0.3) is 0 Å². The van der Waals surface area contributed by atoms with Crippen molar-refractivity contribution in [3.8, 4) is 5.75 Å². The van der Waals surface area contributed by atoms with Crippen molar-refractivity contribution < 1.29 is 9.13 Å². The summed E-state index contributed by atoms with van der Waals surface area (Å²) in [5, 5.41) is 0.321. The van der Waals surface area contributed by atoms with Gasteiger partial charge in [0.1, 0.15) is 0 Å². The van der Waals surface area contributed by atoms with Crippen LogP contribution in [-0.2, 0) is 6.54 Å². The van der Waals surface area contributed by atoms with Gasteiger partial charge in [0, 0.05) is 24.0 Å². The smallest absolute Gasteiger partial charge is 0.165 e. The molecule has 104 valence electrons. The Hall–Kier alpha value is -0.800. The Kier molecular flexibility index (Phi) is 3.68. The number of hydrogen-bond acceptors (Lipinski definition) is 2. The van der Waals surface area contributed by atoms with Gasteiger partial charge in [0.2, 0.25) is 0 Å². The maximum Gasteiger partial charge on any atom is 0.165 e. The van der Waals surface area contributed by atoms with Gasteiger partial charge in [-0.15, -0.1) is 11.6 Å². The second-order valence-corrected chi connectivity index (χ2v) is 6.21. The van der Waals surface area contributed by atoms with E-state index in [1.807, 2.05) is 6.07 Å². The molecule has 2 bridgehead atoms. The molecule has 4 heteroatoms. The molecule has 3 rings (SSSR count). The van der Waals surface area contributed by atoms with Gasteiger partial charge < -0.3 is 4.74 Å². The molecule has 0 saturated carbocycles. The van der Waals surface area contributed by atoms with Gasteiger partial charge in [0.15, 0.2) is 11.6 Å². The van der Waals surface area contributed by atoms with E-state index in [9.17, 15) is 4.39 Å². The minimum absolute atomic E-state index is 0.278. The van der Waals surface area contributed by atoms with Crippen molar-refractivity contribution in [3.63, 3.8) is 0 Å². The van der Waals surface area contributed by atoms with E-state index in [1.165, 1.54) is 20.0 Å². The van der Waals surface area contributed by atoms with Gasteiger partial charge in [-0.2, -0.15) is 0 Å². The lowest BCUT2D eigenvalue weighted by Gasteiger charge is -2.37. The van der Waals surface area contributed by atoms with Crippen LogP contribution in [0.15, 0.2) is 18.2 Å². The summed E-state index contributed by atoms with van der Waals surface area (Å²) in [4.78, 5) is 2.50. The molecule has 2 atom stereocenters. The highest BCUT2D eigenvalue weighted by molar-refractivity contribution is 6.20. The van der Waals surface area contributed by atoms with Crippen LogP contribution in [0.25, 0.3) is 0 Å². The van der Waals surface area contributed by atoms with Crippen molar-refractivity contribution in [2.75, 3.05) is 7.11 Å². The number of rotatable bonds is 3. The molecule has 0 radical (unpaired) electrons. The molecule has 2 aliphatic rings. The van der Waals surface area contributed by atoms with E-state index >= 15 is 0 Å². The molecule has 2 saturated heterocycles. The summed E-state index contributed by atoms with van der Waals surface area (Å²) in [6.45, 7) is 0.819. The number of nitrogens with zero attached hydrogens (tertiary/aromatic N) is 1. The molecular weight excluding hydrogens is 265 g/mol. The molecule has 0 amide bonds. The number of hydrogen-bond donors (Lipinski definition) is 0. The average molecular weight is 284 g/mol. The van der Waals surface area contributed by atoms with Crippen LogP contribution < -0.4 is 4.74 Å². The first-order chi connectivity index (χ1) is 9.17. The topological polar surface area (TPSA) is 12.5 Å². The molecule has 0 aromatic heterocycles. The van der Waals surface area contributed by atoms with Crippen molar-refractivity contribution in [3.05, 3.63) is 29.6 Å². The number of fused-ring (bicyclic) bond motifs is 2. The van der Waals surface area contributed by atoms with Crippen molar-refractivity contribution in [2.24, 2.45) is 0 Å². The van der Waals surface area contributed by atoms with Crippen molar-refractivity contribution in [2.45, 2.75) is 49.7 Å². The quantitative estimate of drug-likeness (QED) is 0.787. The Bertz CT molecular complexity index is 453. The first-order valence-electron chi connectivity index (χ1n) is 6.89. The number of piperidine rings is 1. The van der Waals surface area contributed by atoms with Gasteiger partial charge >= 0.3 is 0 Å². The Balaban J connectivity index is 1.73. The van der Waals surface area contributed by atoms with Crippen LogP contribution in [0.4, 0.5) is 4.39 Å². The molecule has 2 heterocycles. The van der Waals surface area contributed by atoms with Crippen LogP contribution in [0.2, 0.25) is 0 Å². The Morgan fingerprint density at radius 3 is 2.58 bits per heavy atom. The van der Waals surface area contributed by atoms with E-state index in [0.717, 1.165) is 24.9 Å². The van der Waals surface area contributed by atoms with E-state index in [1.54, 1.807) is 12.1 Å². The summed E-state index contributed by atoms with van der Waals surface area (Å²) in [6, 6.07) is 6.40. The summed E-state index contributed by atoms with van der Waals surface area (Å²) < 4.78 is 18.7. The molecule has 19 heavy (non-hydrogen) atoms. The van der Waals surface area contributed by atoms with Gasteiger partial charge in [0.05, 0.1) is 7.11 Å². The molecule has 0 aliphatic carbocycles. The second-order valence-electron chi connectivity index (χ2n) is 5.59. The van der Waals surface area contributed by atoms with Crippen LogP contribution in [0.5, 0.6) is 5.75 Å². The molecule has 0 N–H and O–H groups in total. The predicted octanol–water partition coefficient (Wildman–Crippen LogP) is 3.57. The molecule has 1 aromatic rings. The minimum atomic E-state index is -0.278. The summed E-state index contributed by atoms with van der Waals surface area (Å²) >= 11 is 6.28. The number of benzene rings is 1. The maximum absolute atomic E-state index is 13.7. The maximum atomic E-state index is 13.7. The third-order valence-corrected chi connectivity index (χ3v) is 4.76. The van der Waals surface area contributed by atoms with E-state index in [4.69, 9.17) is 16.3 Å². The van der Waals surface area contributed by atoms with Crippen molar-refractivity contribution in [1.29, 1.82) is 0 Å². The fourth-order valence-electron chi connectivity index (χ4n) is 3.48. The average Bonchev–Trinajstić information content (AvgIpc) is 2.62. The Morgan fingerprint density at radius 2 is 2.00 bits per heavy atom. The van der Waals surface area contributed by atoms with E-state index in [0.29, 0.717) is 23.2 Å². The first kappa shape index (κ1) is 13.2. The van der Waals surface area contributed by atoms with Crippen molar-refractivity contribution in [1.82, 2.24) is 4.90 Å². The monoisotopic (exact) mass is 283 g/mol. The lowest BCUT2D eigenvalue weighted by Crippen LogP contribution is -2.42. The molecule has 0 spiro atoms. The normalized spacial score (nSPS) is 30.6. The predicted molar refractivity (Wildman–Crippen MR) is 74.2 cm³/mol. The van der Waals surface area contributed by atoms with Crippen LogP contribution in [0.1, 0.15) is 31.2 Å². The minimum Gasteiger partial charge on any atom is -0.494 e. The van der Waals surface area contributed by atoms with Gasteiger partial charge in [-0.1, -0.05) is 6.07 Å². The summed E-state index contributed by atoms with van der Waals surface area (Å²) in [7, 11) is 1.49. The standard InChI is InChI=1S/C15H19ClFNO/c1-19-15-5-2-10(6-14(15)17)9-18-12-3-4-13(18)8-11(16)7-12/h2,5-6,11-13H,3-4,7-9H2,1H3. The summed E-state index contributed by atoms with van der Waals surface area (Å²) in [5.41, 5.74) is 1.02. The van der Waals surface area contributed by atoms with Gasteiger partial charge in [-0.25, -0.2) is 4.39 Å². The van der Waals surface area contributed by atoms with E-state index < -0.39 is 0 Å². The van der Waals surface area contributed by atoms with E-state index in [2.05, 4.69) is 4.90 Å². The number of halogens is 2. The second kappa shape index (κ2) is 5.29. The lowest BCUT2D eigenvalue weighted by molar-refractivity contribution is 0.134. The zero-order valence-corrected chi connectivity index (χ0v) is 11.9. The highest BCUT2D eigenvalue weighted by Crippen LogP contribution is 2.38. The molecular formula is C15H19ClFNO. The third kappa shape index (κ3) is 2.59. The Morgan fingerprint density at radius 1 is 1.32 bits per heavy atom. The van der Waals surface area contributed by atoms with Crippen molar-refractivity contribution >= 4 is 11.6 Å². The van der Waals surface area contributed by atoms with Gasteiger partial charge in [-0.3, -0.25) is 4.90 Å². The number of ether oxygens (including phenoxy) is 1. The van der Waals surface area contributed by atoms with E-state index in [-0.39, 0.29) is 5.82 Å². The molecule has 1 aromatic carbocycles. The van der Waals surface area contributed by atoms with Crippen LogP contribution in [0, 0.1) is 5.82 Å². The summed E-state index contributed by atoms with van der Waals surface area (Å²) in [6.07, 6.45) is 4.59. The van der Waals surface area contributed by atoms with Crippen LogP contribution in [-0.4, -0.2) is 29.5 Å². The fourth-order valence-corrected chi connectivity index (χ4v) is 3.90. The zero-order valence-electron chi connectivity index (χ0n) is 11.1. The highest BCUT2D eigenvalue weighted by atomic mass is 35.5. The first-order valence-corrected chi connectivity index (χ1v) is 7.33. The fraction of sp³-hybridized carbons (Fsp3) is 0.600. The van der Waals surface area contributed by atoms with Crippen LogP contribution in [0.3, 0.4) is 0 Å². The Labute approximate surface area is 118 Å². The highest BCUT2D eigenvalue weighted by Gasteiger charge is 2.39. The molecule has 2 aliphatic heterocycles. The molecule has 2 fully saturated rings. The zero-order chi connectivity index (χ0) is 13.4. The van der Waals surface area contributed by atoms with Gasteiger partial charge in [-0.05, 0) is 43.4 Å². The molecule has 2 nitrogen and oxygen atoms in total. The lowest BCUT2D eigenvalue weighted by atomic mass is 10.0. The molecule has 2 unspecified atom stereocenters. The SMILES string of the molecule is COc1ccc(CN2C3CCC2CC(Cl)C3)cc1F. The van der Waals surface area contributed by atoms with Crippen LogP contribution >= 0.6 is 11.6 Å². The number of alkyl halides is 1. The summed E-state index contributed by atoms with van der Waals surface area (Å²) in [5.74, 6) is 0.0331. The third-order valence-electron chi connectivity index (χ3n) is 4.41. The largest absolute Gasteiger partial charge is 0.494 e. The number of methoxy groups -OCH3 is 1.